The molecule has 0 radical (unpaired) electrons. The van der Waals surface area contributed by atoms with Crippen molar-refractivity contribution in [2.24, 2.45) is 0 Å². The van der Waals surface area contributed by atoms with Crippen molar-refractivity contribution in [3.8, 4) is 0 Å². The van der Waals surface area contributed by atoms with Gasteiger partial charge in [-0.1, -0.05) is 63.7 Å². The third-order valence-electron chi connectivity index (χ3n) is 1.02. The molecule has 76 valence electrons. The first-order chi connectivity index (χ1) is 6.11. The third kappa shape index (κ3) is 7.27. The molecule has 0 bridgehead atoms. The molecule has 0 aromatic carbocycles. The maximum Gasteiger partial charge on any atom is 0.0795 e. The lowest BCUT2D eigenvalue weighted by Crippen LogP contribution is -1.98. The second kappa shape index (κ2) is 8.61. The van der Waals surface area contributed by atoms with Gasteiger partial charge in [0.15, 0.2) is 0 Å². The monoisotopic (exact) mass is 440 g/mol. The Hall–Kier alpha value is 1.32. The first-order valence-electron chi connectivity index (χ1n) is 3.28. The Morgan fingerprint density at radius 1 is 1.15 bits per heavy atom. The minimum Gasteiger partial charge on any atom is -0.391 e. The fourth-order valence-corrected chi connectivity index (χ4v) is 1.13. The van der Waals surface area contributed by atoms with Crippen LogP contribution in [0.5, 0.6) is 0 Å². The third-order valence-corrected chi connectivity index (χ3v) is 4.61. The highest BCUT2D eigenvalue weighted by Crippen LogP contribution is 2.18. The topological polar surface area (TPSA) is 29.5 Å². The van der Waals surface area contributed by atoms with Crippen LogP contribution in [0.4, 0.5) is 0 Å². The molecule has 2 nitrogen and oxygen atoms in total. The lowest BCUT2D eigenvalue weighted by Gasteiger charge is -2.03. The van der Waals surface area contributed by atoms with E-state index in [0.29, 0.717) is 17.7 Å². The van der Waals surface area contributed by atoms with Gasteiger partial charge in [0.25, 0.3) is 0 Å². The Balaban J connectivity index is 3.78. The summed E-state index contributed by atoms with van der Waals surface area (Å²) < 4.78 is 7.71. The normalized spacial score (nSPS) is 14.4. The Labute approximate surface area is 111 Å². The Bertz CT molecular complexity index is 213. The summed E-state index contributed by atoms with van der Waals surface area (Å²) in [5, 5.41) is 8.74. The highest BCUT2D eigenvalue weighted by molar-refractivity contribution is 9.14. The molecule has 6 heteroatoms. The second-order valence-corrected chi connectivity index (χ2v) is 5.41. The molecule has 1 N–H and O–H groups in total. The van der Waals surface area contributed by atoms with Gasteiger partial charge in [-0.25, -0.2) is 0 Å². The molecule has 0 spiro atoms. The van der Waals surface area contributed by atoms with Crippen LogP contribution in [-0.2, 0) is 4.74 Å². The van der Waals surface area contributed by atoms with E-state index < -0.39 is 0 Å². The number of hydrogen-bond donors (Lipinski definition) is 1. The number of hydrogen-bond acceptors (Lipinski definition) is 2. The van der Waals surface area contributed by atoms with Gasteiger partial charge in [0.05, 0.1) is 19.8 Å². The SMILES string of the molecule is OC/C(Br)=C(\Br)COC/C(Br)=C/Br. The van der Waals surface area contributed by atoms with Gasteiger partial charge < -0.3 is 9.84 Å². The van der Waals surface area contributed by atoms with Crippen molar-refractivity contribution in [2.75, 3.05) is 19.8 Å². The molecule has 0 aromatic heterocycles. The van der Waals surface area contributed by atoms with E-state index in [1.165, 1.54) is 0 Å². The van der Waals surface area contributed by atoms with Crippen molar-refractivity contribution in [1.29, 1.82) is 0 Å². The molecule has 0 heterocycles. The molecular formula is C7H8Br4O2. The molecule has 0 aliphatic rings. The average Bonchev–Trinajstić information content (AvgIpc) is 2.15. The van der Waals surface area contributed by atoms with E-state index in [0.717, 1.165) is 8.96 Å². The van der Waals surface area contributed by atoms with Crippen LogP contribution in [0.15, 0.2) is 18.4 Å². The van der Waals surface area contributed by atoms with Gasteiger partial charge in [-0.3, -0.25) is 0 Å². The van der Waals surface area contributed by atoms with E-state index in [1.807, 2.05) is 0 Å². The summed E-state index contributed by atoms with van der Waals surface area (Å²) >= 11 is 12.9. The van der Waals surface area contributed by atoms with Crippen molar-refractivity contribution in [3.63, 3.8) is 0 Å². The number of ether oxygens (including phenoxy) is 1. The van der Waals surface area contributed by atoms with Gasteiger partial charge in [0.2, 0.25) is 0 Å². The fourth-order valence-electron chi connectivity index (χ4n) is 0.434. The van der Waals surface area contributed by atoms with Crippen LogP contribution in [-0.4, -0.2) is 24.9 Å². The van der Waals surface area contributed by atoms with E-state index in [-0.39, 0.29) is 6.61 Å². The summed E-state index contributed by atoms with van der Waals surface area (Å²) in [6, 6.07) is 0. The van der Waals surface area contributed by atoms with Crippen molar-refractivity contribution >= 4 is 63.7 Å². The van der Waals surface area contributed by atoms with E-state index in [2.05, 4.69) is 63.7 Å². The molecule has 0 atom stereocenters. The quantitative estimate of drug-likeness (QED) is 0.703. The van der Waals surface area contributed by atoms with Gasteiger partial charge in [-0.05, 0) is 4.99 Å². The summed E-state index contributed by atoms with van der Waals surface area (Å²) in [7, 11) is 0. The van der Waals surface area contributed by atoms with Crippen LogP contribution in [0.2, 0.25) is 0 Å². The lowest BCUT2D eigenvalue weighted by molar-refractivity contribution is 0.190. The molecule has 0 aliphatic carbocycles. The summed E-state index contributed by atoms with van der Waals surface area (Å²) in [6.45, 7) is 0.891. The molecule has 0 fully saturated rings. The van der Waals surface area contributed by atoms with Crippen molar-refractivity contribution in [2.45, 2.75) is 0 Å². The standard InChI is InChI=1S/C7H8Br4O2/c8-1-5(9)3-13-4-7(11)6(10)2-12/h1,12H,2-4H2/b5-1-,7-6+. The minimum absolute atomic E-state index is 0.0284. The van der Waals surface area contributed by atoms with Crippen LogP contribution in [0.3, 0.4) is 0 Å². The largest absolute Gasteiger partial charge is 0.391 e. The first kappa shape index (κ1) is 14.3. The van der Waals surface area contributed by atoms with Gasteiger partial charge in [-0.15, -0.1) is 0 Å². The van der Waals surface area contributed by atoms with Crippen LogP contribution < -0.4 is 0 Å². The average molecular weight is 444 g/mol. The summed E-state index contributed by atoms with van der Waals surface area (Å²) in [5.41, 5.74) is 0. The predicted octanol–water partition coefficient (Wildman–Crippen LogP) is 3.63. The number of aliphatic hydroxyl groups is 1. The molecule has 0 saturated heterocycles. The smallest absolute Gasteiger partial charge is 0.0795 e. The molecule has 13 heavy (non-hydrogen) atoms. The van der Waals surface area contributed by atoms with Gasteiger partial charge in [-0.2, -0.15) is 0 Å². The van der Waals surface area contributed by atoms with Crippen molar-refractivity contribution in [3.05, 3.63) is 18.4 Å². The maximum absolute atomic E-state index is 8.74. The van der Waals surface area contributed by atoms with Crippen LogP contribution in [0, 0.1) is 0 Å². The maximum atomic E-state index is 8.74. The fraction of sp³-hybridized carbons (Fsp3) is 0.429. The van der Waals surface area contributed by atoms with E-state index in [1.54, 1.807) is 4.99 Å². The van der Waals surface area contributed by atoms with Gasteiger partial charge in [0, 0.05) is 13.4 Å². The highest BCUT2D eigenvalue weighted by atomic mass is 79.9. The summed E-state index contributed by atoms with van der Waals surface area (Å²) in [5.74, 6) is 0. The summed E-state index contributed by atoms with van der Waals surface area (Å²) in [6.07, 6.45) is 0. The zero-order valence-electron chi connectivity index (χ0n) is 6.57. The van der Waals surface area contributed by atoms with Gasteiger partial charge in [0.1, 0.15) is 0 Å². The molecule has 0 saturated carbocycles. The minimum atomic E-state index is -0.0284. The Morgan fingerprint density at radius 2 is 1.77 bits per heavy atom. The van der Waals surface area contributed by atoms with E-state index >= 15 is 0 Å². The molecule has 0 aromatic rings. The second-order valence-electron chi connectivity index (χ2n) is 2.02. The van der Waals surface area contributed by atoms with E-state index in [4.69, 9.17) is 9.84 Å². The molecule has 0 aliphatic heterocycles. The molecule has 0 rings (SSSR count). The van der Waals surface area contributed by atoms with E-state index in [9.17, 15) is 0 Å². The Kier molecular flexibility index (Phi) is 9.49. The Morgan fingerprint density at radius 3 is 2.23 bits per heavy atom. The van der Waals surface area contributed by atoms with Crippen LogP contribution in [0.25, 0.3) is 0 Å². The lowest BCUT2D eigenvalue weighted by atomic mass is 10.5. The van der Waals surface area contributed by atoms with Gasteiger partial charge >= 0.3 is 0 Å². The first-order valence-corrected chi connectivity index (χ1v) is 6.57. The highest BCUT2D eigenvalue weighted by Gasteiger charge is 2.00. The summed E-state index contributed by atoms with van der Waals surface area (Å²) in [4.78, 5) is 1.74. The van der Waals surface area contributed by atoms with Crippen molar-refractivity contribution in [1.82, 2.24) is 0 Å². The molecule has 0 unspecified atom stereocenters. The van der Waals surface area contributed by atoms with Crippen molar-refractivity contribution < 1.29 is 9.84 Å². The van der Waals surface area contributed by atoms with Crippen LogP contribution in [0.1, 0.15) is 0 Å². The van der Waals surface area contributed by atoms with Crippen LogP contribution >= 0.6 is 63.7 Å². The zero-order valence-corrected chi connectivity index (χ0v) is 12.9. The number of halogens is 4. The zero-order chi connectivity index (χ0) is 10.3. The number of rotatable bonds is 5. The number of aliphatic hydroxyl groups excluding tert-OH is 1. The molecule has 0 amide bonds. The predicted molar refractivity (Wildman–Crippen MR) is 68.7 cm³/mol. The molecular weight excluding hydrogens is 436 g/mol.